The second-order valence-electron chi connectivity index (χ2n) is 11.9. The number of piperidine rings is 1. The molecule has 1 aromatic carbocycles. The topological polar surface area (TPSA) is 218 Å². The Kier molecular flexibility index (Phi) is 8.55. The third-order valence-corrected chi connectivity index (χ3v) is 9.33. The number of methoxy groups -OCH3 is 1. The molecule has 2 aliphatic heterocycles. The number of hydrogen-bond acceptors (Lipinski definition) is 12. The fraction of sp³-hybridized carbons (Fsp3) is 0.567. The fourth-order valence-electron chi connectivity index (χ4n) is 7.12. The molecule has 2 heterocycles. The van der Waals surface area contributed by atoms with Crippen molar-refractivity contribution in [2.45, 2.75) is 86.9 Å². The number of amides is 1. The average molecular weight is 633 g/mol. The normalized spacial score (nSPS) is 27.9. The molecule has 5 N–H and O–H groups in total. The summed E-state index contributed by atoms with van der Waals surface area (Å²) in [7, 11) is 3.48. The van der Waals surface area contributed by atoms with E-state index >= 15 is 0 Å². The van der Waals surface area contributed by atoms with Crippen molar-refractivity contribution >= 4 is 29.8 Å². The molecule has 15 nitrogen and oxygen atoms in total. The number of hydrogen-bond donors (Lipinski definition) is 5. The molecule has 15 heteroatoms. The zero-order chi connectivity index (χ0) is 32.8. The summed E-state index contributed by atoms with van der Waals surface area (Å²) in [6, 6.07) is 2.00. The molecule has 0 aromatic heterocycles. The molecule has 45 heavy (non-hydrogen) atoms. The number of benzene rings is 1. The lowest BCUT2D eigenvalue weighted by atomic mass is 9.50. The third kappa shape index (κ3) is 5.38. The molecule has 244 valence electrons. The van der Waals surface area contributed by atoms with Crippen LogP contribution in [0.15, 0.2) is 24.0 Å². The number of esters is 2. The predicted octanol–water partition coefficient (Wildman–Crippen LogP) is -0.367. The Morgan fingerprint density at radius 3 is 2.58 bits per heavy atom. The molecule has 2 bridgehead atoms. The Morgan fingerprint density at radius 2 is 1.91 bits per heavy atom. The van der Waals surface area contributed by atoms with Crippen molar-refractivity contribution in [1.82, 2.24) is 10.2 Å². The number of nitrogens with zero attached hydrogens (tertiary/aromatic N) is 1. The smallest absolute Gasteiger partial charge is 0.352 e. The van der Waals surface area contributed by atoms with Crippen LogP contribution >= 0.6 is 0 Å². The zero-order valence-corrected chi connectivity index (χ0v) is 25.0. The van der Waals surface area contributed by atoms with Gasteiger partial charge in [-0.1, -0.05) is 6.07 Å². The van der Waals surface area contributed by atoms with Gasteiger partial charge in [-0.2, -0.15) is 0 Å². The van der Waals surface area contributed by atoms with Gasteiger partial charge < -0.3 is 49.6 Å². The van der Waals surface area contributed by atoms with Gasteiger partial charge in [0.25, 0.3) is 0 Å². The van der Waals surface area contributed by atoms with E-state index in [0.717, 1.165) is 11.1 Å². The summed E-state index contributed by atoms with van der Waals surface area (Å²) >= 11 is 0. The van der Waals surface area contributed by atoms with Crippen LogP contribution in [0.5, 0.6) is 11.5 Å². The molecule has 1 amide bonds. The van der Waals surface area contributed by atoms with Gasteiger partial charge in [0.05, 0.1) is 24.5 Å². The zero-order valence-electron chi connectivity index (χ0n) is 25.0. The average Bonchev–Trinajstić information content (AvgIpc) is 3.34. The largest absolute Gasteiger partial charge is 0.493 e. The highest BCUT2D eigenvalue weighted by molar-refractivity contribution is 5.89. The van der Waals surface area contributed by atoms with Gasteiger partial charge in [-0.15, -0.1) is 0 Å². The number of likely N-dealkylation sites (tertiary alicyclic amines) is 1. The maximum Gasteiger partial charge on any atom is 0.352 e. The van der Waals surface area contributed by atoms with Gasteiger partial charge in [0.2, 0.25) is 5.91 Å². The maximum atomic E-state index is 13.3. The molecular weight excluding hydrogens is 596 g/mol. The number of carboxylic acid groups (broad SMARTS) is 2. The summed E-state index contributed by atoms with van der Waals surface area (Å²) in [5, 5.41) is 41.8. The molecule has 5 rings (SSSR count). The standard InChI is InChI=1S/C30H36N2O13/c1-14(43-28(40)16(5-7-22(35)36)31-21(34)13-17(33)26(37)38)27(39)44-19-8-9-30(41)20-12-15-4-6-18(42-3)24-23(15)29(30,25(19)45-24)10-11-32(20)2/h4,6,8,14,16-17,20,25,33,41H,5,7,9-13H2,1-3H3,(H,31,34)(H,35,36)(H,37,38)/t14-,16-,17-,20+,25?,29?,30+/m0/s1. The second kappa shape index (κ2) is 11.9. The number of rotatable bonds is 12. The van der Waals surface area contributed by atoms with Crippen LogP contribution in [-0.4, -0.2) is 112 Å². The number of likely N-dealkylation sites (N-methyl/N-ethyl adjacent to an activating group) is 1. The summed E-state index contributed by atoms with van der Waals surface area (Å²) < 4.78 is 23.0. The maximum absolute atomic E-state index is 13.3. The summed E-state index contributed by atoms with van der Waals surface area (Å²) in [6.07, 6.45) is -3.43. The number of aliphatic hydroxyl groups is 2. The molecule has 0 radical (unpaired) electrons. The third-order valence-electron chi connectivity index (χ3n) is 9.33. The fourth-order valence-corrected chi connectivity index (χ4v) is 7.12. The van der Waals surface area contributed by atoms with Crippen LogP contribution < -0.4 is 14.8 Å². The molecule has 1 aromatic rings. The van der Waals surface area contributed by atoms with E-state index in [9.17, 15) is 34.2 Å². The number of carbonyl (C=O) groups excluding carboxylic acids is 3. The van der Waals surface area contributed by atoms with E-state index in [4.69, 9.17) is 29.2 Å². The Morgan fingerprint density at radius 1 is 1.18 bits per heavy atom. The first-order chi connectivity index (χ1) is 21.2. The summed E-state index contributed by atoms with van der Waals surface area (Å²) in [4.78, 5) is 62.5. The molecule has 1 spiro atoms. The summed E-state index contributed by atoms with van der Waals surface area (Å²) in [5.74, 6) is -5.01. The highest BCUT2D eigenvalue weighted by Crippen LogP contribution is 2.65. The van der Waals surface area contributed by atoms with Crippen LogP contribution in [-0.2, 0) is 45.3 Å². The van der Waals surface area contributed by atoms with Crippen molar-refractivity contribution in [3.05, 3.63) is 35.1 Å². The van der Waals surface area contributed by atoms with E-state index in [0.29, 0.717) is 30.9 Å². The van der Waals surface area contributed by atoms with E-state index < -0.39 is 84.4 Å². The molecule has 0 saturated carbocycles. The Balaban J connectivity index is 1.34. The van der Waals surface area contributed by atoms with Crippen LogP contribution in [0.25, 0.3) is 0 Å². The van der Waals surface area contributed by atoms with Crippen LogP contribution in [0.4, 0.5) is 0 Å². The highest BCUT2D eigenvalue weighted by atomic mass is 16.6. The second-order valence-corrected chi connectivity index (χ2v) is 11.9. The highest BCUT2D eigenvalue weighted by Gasteiger charge is 2.72. The first-order valence-electron chi connectivity index (χ1n) is 14.6. The van der Waals surface area contributed by atoms with Gasteiger partial charge in [0.1, 0.15) is 11.8 Å². The number of ether oxygens (including phenoxy) is 4. The monoisotopic (exact) mass is 632 g/mol. The quantitative estimate of drug-likeness (QED) is 0.186. The van der Waals surface area contributed by atoms with Crippen LogP contribution in [0.2, 0.25) is 0 Å². The minimum absolute atomic E-state index is 0.139. The Bertz CT molecular complexity index is 1460. The number of nitrogens with one attached hydrogen (secondary N) is 1. The van der Waals surface area contributed by atoms with Gasteiger partial charge >= 0.3 is 23.9 Å². The van der Waals surface area contributed by atoms with Crippen molar-refractivity contribution in [3.8, 4) is 11.5 Å². The molecule has 1 fully saturated rings. The lowest BCUT2D eigenvalue weighted by molar-refractivity contribution is -0.176. The lowest BCUT2D eigenvalue weighted by Crippen LogP contribution is -2.74. The number of carbonyl (C=O) groups is 5. The Hall–Kier alpha value is -4.21. The van der Waals surface area contributed by atoms with Crippen molar-refractivity contribution in [2.75, 3.05) is 20.7 Å². The molecule has 1 saturated heterocycles. The molecule has 2 aliphatic carbocycles. The minimum Gasteiger partial charge on any atom is -0.493 e. The van der Waals surface area contributed by atoms with Crippen molar-refractivity contribution in [3.63, 3.8) is 0 Å². The first kappa shape index (κ1) is 32.2. The van der Waals surface area contributed by atoms with Gasteiger partial charge in [0, 0.05) is 24.4 Å². The van der Waals surface area contributed by atoms with Crippen molar-refractivity contribution in [2.24, 2.45) is 0 Å². The van der Waals surface area contributed by atoms with Crippen LogP contribution in [0, 0.1) is 0 Å². The lowest BCUT2D eigenvalue weighted by Gasteiger charge is -2.61. The number of aliphatic hydroxyl groups excluding tert-OH is 1. The van der Waals surface area contributed by atoms with Crippen LogP contribution in [0.1, 0.15) is 50.2 Å². The number of carboxylic acids is 2. The van der Waals surface area contributed by atoms with Crippen molar-refractivity contribution in [1.29, 1.82) is 0 Å². The minimum atomic E-state index is -2.04. The van der Waals surface area contributed by atoms with Gasteiger partial charge in [-0.3, -0.25) is 9.59 Å². The number of aliphatic carboxylic acids is 2. The van der Waals surface area contributed by atoms with E-state index in [1.807, 2.05) is 13.1 Å². The summed E-state index contributed by atoms with van der Waals surface area (Å²) in [6.45, 7) is 1.89. The molecule has 4 aliphatic rings. The van der Waals surface area contributed by atoms with E-state index in [1.54, 1.807) is 12.1 Å². The van der Waals surface area contributed by atoms with Gasteiger partial charge in [0.15, 0.2) is 29.8 Å². The van der Waals surface area contributed by atoms with E-state index in [2.05, 4.69) is 10.2 Å². The first-order valence-corrected chi connectivity index (χ1v) is 14.6. The SMILES string of the molecule is COc1ccc2c3c1OC1C(OC(=O)[C@H](C)OC(=O)[C@H](CCC(=O)O)NC(=O)C[C@H](O)C(=O)O)=CC[C@@]4(O)[C@@H](C2)N(C)CCC314. The molecule has 7 atom stereocenters. The van der Waals surface area contributed by atoms with Crippen LogP contribution in [0.3, 0.4) is 0 Å². The van der Waals surface area contributed by atoms with E-state index in [-0.39, 0.29) is 18.2 Å². The van der Waals surface area contributed by atoms with Gasteiger partial charge in [-0.25, -0.2) is 14.4 Å². The predicted molar refractivity (Wildman–Crippen MR) is 150 cm³/mol. The van der Waals surface area contributed by atoms with Gasteiger partial charge in [-0.05, 0) is 57.5 Å². The van der Waals surface area contributed by atoms with E-state index in [1.165, 1.54) is 14.0 Å². The molecular formula is C30H36N2O13. The molecule has 2 unspecified atom stereocenters. The van der Waals surface area contributed by atoms with Crippen molar-refractivity contribution < 1.29 is 63.3 Å². The Labute approximate surface area is 257 Å². The summed E-state index contributed by atoms with van der Waals surface area (Å²) in [5.41, 5.74) is -0.314.